The molecule has 23 heteroatoms. The topological polar surface area (TPSA) is 309 Å². The number of rotatable bonds is 6. The summed E-state index contributed by atoms with van der Waals surface area (Å²) in [4.78, 5) is 3.97. The van der Waals surface area contributed by atoms with Crippen LogP contribution in [0, 0.1) is 0 Å². The Balaban J connectivity index is 0.000000118. The van der Waals surface area contributed by atoms with Crippen molar-refractivity contribution in [2.24, 2.45) is 15.2 Å². The monoisotopic (exact) mass is 455 g/mol. The number of hydrogen-bond acceptors (Lipinski definition) is 18. The Morgan fingerprint density at radius 2 is 0.848 bits per heavy atom. The van der Waals surface area contributed by atoms with Crippen molar-refractivity contribution in [3.05, 3.63) is 29.1 Å². The van der Waals surface area contributed by atoms with Gasteiger partial charge in [0.25, 0.3) is 0 Å². The van der Waals surface area contributed by atoms with E-state index in [-0.39, 0.29) is 0 Å². The molecule has 0 radical (unpaired) electrons. The van der Waals surface area contributed by atoms with E-state index in [1.165, 1.54) is 0 Å². The van der Waals surface area contributed by atoms with Gasteiger partial charge in [0.2, 0.25) is 0 Å². The number of H-pyrrole nitrogens is 5. The number of amidine groups is 1. The van der Waals surface area contributed by atoms with Gasteiger partial charge in [0.05, 0.1) is 19.3 Å². The number of azo groups is 1. The highest BCUT2D eigenvalue weighted by molar-refractivity contribution is 5.84. The number of aliphatic imine (C=N–C) groups is 1. The third-order valence-corrected chi connectivity index (χ3v) is 3.40. The zero-order valence-corrected chi connectivity index (χ0v) is 16.4. The second-order valence-electron chi connectivity index (χ2n) is 5.63. The molecule has 168 valence electrons. The number of aromatic amines is 5. The largest absolute Gasteiger partial charge is 0.243 e. The molecule has 0 spiro atoms. The van der Waals surface area contributed by atoms with Gasteiger partial charge in [-0.3, -0.25) is 0 Å². The fraction of sp³-hybridized carbons (Fsp3) is 0.400. The molecule has 1 aliphatic rings. The fourth-order valence-corrected chi connectivity index (χ4v) is 2.06. The van der Waals surface area contributed by atoms with E-state index in [0.29, 0.717) is 60.9 Å². The van der Waals surface area contributed by atoms with Crippen molar-refractivity contribution in [1.82, 2.24) is 103 Å². The molecule has 0 saturated heterocycles. The van der Waals surface area contributed by atoms with Crippen molar-refractivity contribution in [2.75, 3.05) is 6.67 Å². The van der Waals surface area contributed by atoms with E-state index >= 15 is 0 Å². The van der Waals surface area contributed by atoms with Crippen LogP contribution in [0.3, 0.4) is 0 Å². The first-order chi connectivity index (χ1) is 16.3. The summed E-state index contributed by atoms with van der Waals surface area (Å²) in [6.45, 7) is 0.424. The van der Waals surface area contributed by atoms with Crippen LogP contribution in [-0.2, 0) is 19.3 Å². The van der Waals surface area contributed by atoms with Crippen molar-refractivity contribution in [3.8, 4) is 0 Å². The number of nitrogens with one attached hydrogen (secondary N) is 5. The molecule has 0 aromatic carbocycles. The summed E-state index contributed by atoms with van der Waals surface area (Å²) in [6, 6.07) is 0. The van der Waals surface area contributed by atoms with Gasteiger partial charge in [-0.1, -0.05) is 26.1 Å². The summed E-state index contributed by atoms with van der Waals surface area (Å²) in [5.74, 6) is 3.44. The first-order valence-electron chi connectivity index (χ1n) is 8.87. The van der Waals surface area contributed by atoms with Crippen molar-refractivity contribution in [3.63, 3.8) is 0 Å². The molecule has 0 unspecified atom stereocenters. The molecular formula is C10H13N23. The average molecular weight is 455 g/mol. The molecule has 0 aliphatic carbocycles. The normalized spacial score (nSPS) is 11.9. The number of hydrogen-bond donors (Lipinski definition) is 5. The number of nitrogens with zero attached hydrogens (tertiary/aromatic N) is 18. The third kappa shape index (κ3) is 6.83. The lowest BCUT2D eigenvalue weighted by Crippen LogP contribution is -1.98. The van der Waals surface area contributed by atoms with Crippen LogP contribution < -0.4 is 0 Å². The summed E-state index contributed by atoms with van der Waals surface area (Å²) < 4.78 is 0. The minimum atomic E-state index is 0.424. The zero-order chi connectivity index (χ0) is 22.6. The highest BCUT2D eigenvalue weighted by atomic mass is 15.5. The predicted octanol–water partition coefficient (Wildman–Crippen LogP) is -3.83. The summed E-state index contributed by atoms with van der Waals surface area (Å²) in [6.07, 6.45) is 1.38. The molecule has 0 saturated carbocycles. The van der Waals surface area contributed by atoms with Gasteiger partial charge in [-0.2, -0.15) is 31.2 Å². The van der Waals surface area contributed by atoms with Gasteiger partial charge in [0.1, 0.15) is 0 Å². The molecule has 6 rings (SSSR count). The second kappa shape index (κ2) is 11.1. The van der Waals surface area contributed by atoms with Crippen LogP contribution in [0.1, 0.15) is 29.1 Å². The molecule has 0 amide bonds. The Bertz CT molecular complexity index is 1050. The smallest absolute Gasteiger partial charge is 0.182 e. The first kappa shape index (κ1) is 20.9. The molecule has 23 nitrogen and oxygen atoms in total. The molecular weight excluding hydrogens is 442 g/mol. The Morgan fingerprint density at radius 1 is 0.485 bits per heavy atom. The van der Waals surface area contributed by atoms with Crippen molar-refractivity contribution < 1.29 is 0 Å². The Kier molecular flexibility index (Phi) is 7.04. The van der Waals surface area contributed by atoms with Crippen LogP contribution in [0.4, 0.5) is 0 Å². The molecule has 0 fully saturated rings. The third-order valence-electron chi connectivity index (χ3n) is 3.40. The van der Waals surface area contributed by atoms with Crippen molar-refractivity contribution >= 4 is 5.84 Å². The molecule has 5 N–H and O–H groups in total. The van der Waals surface area contributed by atoms with E-state index in [1.807, 2.05) is 0 Å². The van der Waals surface area contributed by atoms with Gasteiger partial charge < -0.3 is 0 Å². The van der Waals surface area contributed by atoms with Crippen LogP contribution in [0.15, 0.2) is 15.2 Å². The summed E-state index contributed by atoms with van der Waals surface area (Å²) in [7, 11) is 0. The molecule has 0 bridgehead atoms. The summed E-state index contributed by atoms with van der Waals surface area (Å²) >= 11 is 0. The van der Waals surface area contributed by atoms with Crippen LogP contribution in [-0.4, -0.2) is 116 Å². The first-order valence-corrected chi connectivity index (χ1v) is 8.87. The van der Waals surface area contributed by atoms with E-state index in [4.69, 9.17) is 0 Å². The number of aromatic nitrogens is 20. The molecule has 33 heavy (non-hydrogen) atoms. The highest BCUT2D eigenvalue weighted by Crippen LogP contribution is 1.99. The lowest BCUT2D eigenvalue weighted by atomic mass is 10.4. The van der Waals surface area contributed by atoms with Crippen LogP contribution in [0.25, 0.3) is 0 Å². The van der Waals surface area contributed by atoms with E-state index < -0.39 is 0 Å². The second-order valence-corrected chi connectivity index (χ2v) is 5.63. The lowest BCUT2D eigenvalue weighted by molar-refractivity contribution is 0.881. The van der Waals surface area contributed by atoms with E-state index in [0.717, 1.165) is 0 Å². The van der Waals surface area contributed by atoms with Gasteiger partial charge in [0.15, 0.2) is 41.6 Å². The van der Waals surface area contributed by atoms with Crippen LogP contribution in [0.5, 0.6) is 0 Å². The minimum absolute atomic E-state index is 0.424. The molecule has 6 heterocycles. The summed E-state index contributed by atoms with van der Waals surface area (Å²) in [5.41, 5.74) is 0. The molecule has 5 aromatic rings. The average Bonchev–Trinajstić information content (AvgIpc) is 3.67. The quantitative estimate of drug-likeness (QED) is 0.164. The lowest BCUT2D eigenvalue weighted by Gasteiger charge is -1.85. The van der Waals surface area contributed by atoms with Gasteiger partial charge in [-0.25, -0.2) is 4.99 Å². The highest BCUT2D eigenvalue weighted by Gasteiger charge is 2.07. The van der Waals surface area contributed by atoms with E-state index in [1.54, 1.807) is 0 Å². The van der Waals surface area contributed by atoms with Crippen LogP contribution in [0.2, 0.25) is 0 Å². The van der Waals surface area contributed by atoms with Gasteiger partial charge in [-0.15, -0.1) is 56.1 Å². The summed E-state index contributed by atoms with van der Waals surface area (Å²) in [5, 5.41) is 73.3. The molecule has 1 aliphatic heterocycles. The van der Waals surface area contributed by atoms with Crippen LogP contribution >= 0.6 is 0 Å². The maximum absolute atomic E-state index is 3.97. The zero-order valence-electron chi connectivity index (χ0n) is 16.4. The van der Waals surface area contributed by atoms with Gasteiger partial charge in [0, 0.05) is 0 Å². The Labute approximate surface area is 180 Å². The minimum Gasteiger partial charge on any atom is -0.243 e. The fourth-order valence-electron chi connectivity index (χ4n) is 2.06. The maximum Gasteiger partial charge on any atom is 0.182 e. The standard InChI is InChI=1S/C4H5N7.2C3H4N8/c1(3-5-2-6-7-3)4-8-10-11-9-4;2*1(2-4-8-9-5-2)3-6-10-11-7-3/h1-2H2,(H,8,9,10,11);2*1H2,(H,4,5,8,9)(H,6,7,10,11). The number of tetrazole rings is 5. The van der Waals surface area contributed by atoms with Gasteiger partial charge >= 0.3 is 0 Å². The van der Waals surface area contributed by atoms with Crippen molar-refractivity contribution in [1.29, 1.82) is 0 Å². The Morgan fingerprint density at radius 3 is 1.12 bits per heavy atom. The SMILES string of the molecule is C(c1nn[nH]n1)c1nn[nH]n1.C(c1nn[nH]n1)c1nn[nH]n1.C1N=NC(Cc2nn[nH]n2)=N1. The van der Waals surface area contributed by atoms with E-state index in [9.17, 15) is 0 Å². The van der Waals surface area contributed by atoms with Crippen molar-refractivity contribution in [2.45, 2.75) is 19.3 Å². The molecule has 0 atom stereocenters. The van der Waals surface area contributed by atoms with Gasteiger partial charge in [-0.05, 0) is 0 Å². The molecule has 5 aromatic heterocycles. The Hall–Kier alpha value is -5.38. The van der Waals surface area contributed by atoms with E-state index in [2.05, 4.69) is 118 Å². The maximum atomic E-state index is 3.97. The predicted molar refractivity (Wildman–Crippen MR) is 97.4 cm³/mol.